The van der Waals surface area contributed by atoms with Crippen molar-refractivity contribution in [3.05, 3.63) is 64.3 Å². The van der Waals surface area contributed by atoms with Gasteiger partial charge >= 0.3 is 0 Å². The summed E-state index contributed by atoms with van der Waals surface area (Å²) in [7, 11) is 0. The van der Waals surface area contributed by atoms with Crippen molar-refractivity contribution in [2.45, 2.75) is 20.3 Å². The molecule has 0 saturated carbocycles. The van der Waals surface area contributed by atoms with E-state index in [1.807, 2.05) is 25.3 Å². The molecule has 0 saturated heterocycles. The quantitative estimate of drug-likeness (QED) is 0.580. The van der Waals surface area contributed by atoms with Crippen molar-refractivity contribution in [2.24, 2.45) is 0 Å². The van der Waals surface area contributed by atoms with Crippen LogP contribution >= 0.6 is 11.6 Å². The third kappa shape index (κ3) is 4.41. The number of rotatable bonds is 6. The van der Waals surface area contributed by atoms with E-state index >= 15 is 0 Å². The average molecular weight is 356 g/mol. The lowest BCUT2D eigenvalue weighted by Crippen LogP contribution is -2.29. The molecule has 3 aromatic rings. The van der Waals surface area contributed by atoms with Crippen molar-refractivity contribution in [3.8, 4) is 0 Å². The fourth-order valence-corrected chi connectivity index (χ4v) is 3.02. The van der Waals surface area contributed by atoms with Gasteiger partial charge in [0.15, 0.2) is 0 Å². The van der Waals surface area contributed by atoms with Crippen LogP contribution in [0.5, 0.6) is 0 Å². The highest BCUT2D eigenvalue weighted by molar-refractivity contribution is 6.33. The van der Waals surface area contributed by atoms with Crippen LogP contribution in [-0.4, -0.2) is 24.0 Å². The molecular weight excluding hydrogens is 334 g/mol. The second-order valence-corrected chi connectivity index (χ2v) is 6.73. The lowest BCUT2D eigenvalue weighted by Gasteiger charge is -2.09. The van der Waals surface area contributed by atoms with Gasteiger partial charge in [0.2, 0.25) is 5.91 Å². The van der Waals surface area contributed by atoms with E-state index in [0.29, 0.717) is 10.7 Å². The predicted molar refractivity (Wildman–Crippen MR) is 104 cm³/mol. The molecule has 25 heavy (non-hydrogen) atoms. The number of aromatic nitrogens is 1. The Morgan fingerprint density at radius 3 is 2.72 bits per heavy atom. The second kappa shape index (κ2) is 7.72. The molecule has 1 amide bonds. The molecule has 1 aromatic heterocycles. The first-order valence-electron chi connectivity index (χ1n) is 8.36. The van der Waals surface area contributed by atoms with Crippen LogP contribution in [0.15, 0.2) is 42.6 Å². The number of halogens is 1. The van der Waals surface area contributed by atoms with Crippen molar-refractivity contribution in [1.82, 2.24) is 10.3 Å². The minimum absolute atomic E-state index is 0.0951. The van der Waals surface area contributed by atoms with Crippen LogP contribution in [0, 0.1) is 13.8 Å². The first-order chi connectivity index (χ1) is 12.0. The van der Waals surface area contributed by atoms with E-state index in [1.54, 1.807) is 6.07 Å². The maximum absolute atomic E-state index is 12.1. The van der Waals surface area contributed by atoms with Crippen molar-refractivity contribution in [3.63, 3.8) is 0 Å². The molecule has 0 unspecified atom stereocenters. The Bertz CT molecular complexity index is 901. The Morgan fingerprint density at radius 2 is 1.88 bits per heavy atom. The number of nitrogens with one attached hydrogen (secondary N) is 3. The molecule has 0 bridgehead atoms. The van der Waals surface area contributed by atoms with Gasteiger partial charge < -0.3 is 15.6 Å². The standard InChI is InChI=1S/C20H22ClN3O/c1-13-4-6-18-16(9-13)15(11-23-18)7-8-22-12-20(25)24-19-10-14(2)3-5-17(19)21/h3-6,9-11,22-23H,7-8,12H2,1-2H3,(H,24,25). The topological polar surface area (TPSA) is 56.9 Å². The van der Waals surface area contributed by atoms with Gasteiger partial charge in [-0.25, -0.2) is 0 Å². The minimum Gasteiger partial charge on any atom is -0.361 e. The zero-order valence-electron chi connectivity index (χ0n) is 14.4. The van der Waals surface area contributed by atoms with Crippen LogP contribution < -0.4 is 10.6 Å². The maximum atomic E-state index is 12.1. The van der Waals surface area contributed by atoms with Gasteiger partial charge in [-0.3, -0.25) is 4.79 Å². The third-order valence-electron chi connectivity index (χ3n) is 4.18. The van der Waals surface area contributed by atoms with Crippen LogP contribution in [0.2, 0.25) is 5.02 Å². The number of aryl methyl sites for hydroxylation is 2. The summed E-state index contributed by atoms with van der Waals surface area (Å²) in [6.07, 6.45) is 2.90. The smallest absolute Gasteiger partial charge is 0.238 e. The van der Waals surface area contributed by atoms with Crippen LogP contribution in [0.4, 0.5) is 5.69 Å². The molecular formula is C20H22ClN3O. The fraction of sp³-hybridized carbons (Fsp3) is 0.250. The van der Waals surface area contributed by atoms with Crippen LogP contribution in [0.25, 0.3) is 10.9 Å². The number of hydrogen-bond donors (Lipinski definition) is 3. The van der Waals surface area contributed by atoms with E-state index in [0.717, 1.165) is 24.0 Å². The SMILES string of the molecule is Cc1ccc(Cl)c(NC(=O)CNCCc2c[nH]c3ccc(C)cc23)c1. The molecule has 4 nitrogen and oxygen atoms in total. The highest BCUT2D eigenvalue weighted by Gasteiger charge is 2.07. The molecule has 130 valence electrons. The Morgan fingerprint density at radius 1 is 1.12 bits per heavy atom. The largest absolute Gasteiger partial charge is 0.361 e. The van der Waals surface area contributed by atoms with Crippen LogP contribution in [-0.2, 0) is 11.2 Å². The summed E-state index contributed by atoms with van der Waals surface area (Å²) in [6, 6.07) is 12.0. The highest BCUT2D eigenvalue weighted by Crippen LogP contribution is 2.22. The Hall–Kier alpha value is -2.30. The van der Waals surface area contributed by atoms with Gasteiger partial charge in [0, 0.05) is 17.1 Å². The number of amides is 1. The molecule has 0 aliphatic carbocycles. The van der Waals surface area contributed by atoms with Crippen molar-refractivity contribution in [1.29, 1.82) is 0 Å². The maximum Gasteiger partial charge on any atom is 0.238 e. The molecule has 0 radical (unpaired) electrons. The normalized spacial score (nSPS) is 11.0. The summed E-state index contributed by atoms with van der Waals surface area (Å²) in [5.74, 6) is -0.0951. The molecule has 0 fully saturated rings. The van der Waals surface area contributed by atoms with Gasteiger partial charge in [-0.05, 0) is 62.2 Å². The number of benzene rings is 2. The predicted octanol–water partition coefficient (Wildman–Crippen LogP) is 4.21. The number of anilines is 1. The lowest BCUT2D eigenvalue weighted by molar-refractivity contribution is -0.115. The monoisotopic (exact) mass is 355 g/mol. The number of H-pyrrole nitrogens is 1. The first-order valence-corrected chi connectivity index (χ1v) is 8.74. The van der Waals surface area contributed by atoms with Gasteiger partial charge in [-0.15, -0.1) is 0 Å². The zero-order chi connectivity index (χ0) is 17.8. The molecule has 0 spiro atoms. The number of carbonyl (C=O) groups excluding carboxylic acids is 1. The van der Waals surface area contributed by atoms with Crippen LogP contribution in [0.1, 0.15) is 16.7 Å². The minimum atomic E-state index is -0.0951. The molecule has 1 heterocycles. The summed E-state index contributed by atoms with van der Waals surface area (Å²) < 4.78 is 0. The Balaban J connectivity index is 1.50. The average Bonchev–Trinajstić information content (AvgIpc) is 2.97. The third-order valence-corrected chi connectivity index (χ3v) is 4.51. The van der Waals surface area contributed by atoms with Crippen molar-refractivity contribution in [2.75, 3.05) is 18.4 Å². The Kier molecular flexibility index (Phi) is 5.41. The summed E-state index contributed by atoms with van der Waals surface area (Å²) in [4.78, 5) is 15.3. The van der Waals surface area contributed by atoms with Crippen molar-refractivity contribution < 1.29 is 4.79 Å². The highest BCUT2D eigenvalue weighted by atomic mass is 35.5. The number of aromatic amines is 1. The van der Waals surface area contributed by atoms with Gasteiger partial charge in [-0.2, -0.15) is 0 Å². The summed E-state index contributed by atoms with van der Waals surface area (Å²) in [5, 5.41) is 7.83. The van der Waals surface area contributed by atoms with Crippen molar-refractivity contribution >= 4 is 34.1 Å². The summed E-state index contributed by atoms with van der Waals surface area (Å²) in [6.45, 7) is 5.05. The van der Waals surface area contributed by atoms with E-state index in [1.165, 1.54) is 16.5 Å². The molecule has 2 aromatic carbocycles. The van der Waals surface area contributed by atoms with E-state index in [2.05, 4.69) is 40.7 Å². The molecule has 5 heteroatoms. The molecule has 0 aliphatic rings. The van der Waals surface area contributed by atoms with Gasteiger partial charge in [-0.1, -0.05) is 29.3 Å². The fourth-order valence-electron chi connectivity index (χ4n) is 2.85. The van der Waals surface area contributed by atoms with Crippen LogP contribution in [0.3, 0.4) is 0 Å². The molecule has 0 atom stereocenters. The van der Waals surface area contributed by atoms with E-state index < -0.39 is 0 Å². The lowest BCUT2D eigenvalue weighted by atomic mass is 10.1. The molecule has 0 aliphatic heterocycles. The molecule has 3 N–H and O–H groups in total. The van der Waals surface area contributed by atoms with E-state index in [-0.39, 0.29) is 12.5 Å². The molecule has 3 rings (SSSR count). The second-order valence-electron chi connectivity index (χ2n) is 6.32. The van der Waals surface area contributed by atoms with Gasteiger partial charge in [0.25, 0.3) is 0 Å². The Labute approximate surface area is 152 Å². The van der Waals surface area contributed by atoms with Gasteiger partial charge in [0.1, 0.15) is 0 Å². The summed E-state index contributed by atoms with van der Waals surface area (Å²) in [5.41, 5.74) is 5.36. The summed E-state index contributed by atoms with van der Waals surface area (Å²) >= 11 is 6.10. The number of fused-ring (bicyclic) bond motifs is 1. The zero-order valence-corrected chi connectivity index (χ0v) is 15.2. The van der Waals surface area contributed by atoms with E-state index in [9.17, 15) is 4.79 Å². The van der Waals surface area contributed by atoms with E-state index in [4.69, 9.17) is 11.6 Å². The number of hydrogen-bond acceptors (Lipinski definition) is 2. The number of carbonyl (C=O) groups is 1. The van der Waals surface area contributed by atoms with Gasteiger partial charge in [0.05, 0.1) is 17.3 Å². The first kappa shape index (κ1) is 17.5.